The van der Waals surface area contributed by atoms with Gasteiger partial charge in [0.15, 0.2) is 11.3 Å². The summed E-state index contributed by atoms with van der Waals surface area (Å²) in [6.45, 7) is 10.3. The van der Waals surface area contributed by atoms with Crippen LogP contribution in [-0.2, 0) is 0 Å². The summed E-state index contributed by atoms with van der Waals surface area (Å²) in [6, 6.07) is 67.5. The summed E-state index contributed by atoms with van der Waals surface area (Å²) in [5.41, 5.74) is 20.3. The lowest BCUT2D eigenvalue weighted by Gasteiger charge is -2.39. The number of fused-ring (bicyclic) bond motifs is 10. The number of rotatable bonds is 7. The van der Waals surface area contributed by atoms with Crippen LogP contribution in [0.15, 0.2) is 197 Å². The first-order valence-electron chi connectivity index (χ1n) is 23.3. The molecule has 0 unspecified atom stereocenters. The maximum absolute atomic E-state index is 7.53. The molecule has 0 N–H and O–H groups in total. The van der Waals surface area contributed by atoms with E-state index in [-0.39, 0.29) is 6.71 Å². The molecule has 68 heavy (non-hydrogen) atoms. The molecule has 6 nitrogen and oxygen atoms in total. The van der Waals surface area contributed by atoms with Crippen LogP contribution in [0.4, 0.5) is 51.2 Å². The average Bonchev–Trinajstić information content (AvgIpc) is 3.94. The quantitative estimate of drug-likeness (QED) is 0.149. The first-order valence-corrected chi connectivity index (χ1v) is 23.3. The predicted octanol–water partition coefficient (Wildman–Crippen LogP) is 15.2. The highest BCUT2D eigenvalue weighted by Gasteiger charge is 2.48. The Morgan fingerprint density at radius 3 is 1.50 bits per heavy atom. The highest BCUT2D eigenvalue weighted by Crippen LogP contribution is 2.51. The molecule has 0 atom stereocenters. The summed E-state index contributed by atoms with van der Waals surface area (Å²) in [5, 5.41) is 3.02. The Balaban J connectivity index is 1.15. The van der Waals surface area contributed by atoms with Gasteiger partial charge in [0.2, 0.25) is 0 Å². The fraction of sp³-hybridized carbons (Fsp3) is 0.0820. The van der Waals surface area contributed by atoms with E-state index in [0.29, 0.717) is 11.3 Å². The van der Waals surface area contributed by atoms with Crippen molar-refractivity contribution in [3.63, 3.8) is 0 Å². The van der Waals surface area contributed by atoms with E-state index < -0.39 is 0 Å². The second kappa shape index (κ2) is 15.3. The van der Waals surface area contributed by atoms with Gasteiger partial charge in [0.25, 0.3) is 0 Å². The van der Waals surface area contributed by atoms with E-state index in [9.17, 15) is 0 Å². The van der Waals surface area contributed by atoms with Crippen molar-refractivity contribution in [2.45, 2.75) is 34.6 Å². The van der Waals surface area contributed by atoms with Gasteiger partial charge in [-0.25, -0.2) is 0 Å². The topological polar surface area (TPSA) is 45.2 Å². The summed E-state index contributed by atoms with van der Waals surface area (Å²) in [4.78, 5) is 7.09. The van der Waals surface area contributed by atoms with Crippen molar-refractivity contribution in [1.29, 1.82) is 0 Å². The molecular weight excluding hydrogens is 834 g/mol. The highest BCUT2D eigenvalue weighted by atomic mass is 16.5. The lowest BCUT2D eigenvalue weighted by atomic mass is 9.36. The van der Waals surface area contributed by atoms with Crippen molar-refractivity contribution >= 4 is 107 Å². The molecule has 11 aromatic rings. The number of nitrogens with zero attached hydrogens (tertiary/aromatic N) is 3. The molecule has 0 saturated heterocycles. The Morgan fingerprint density at radius 1 is 0.456 bits per heavy atom. The van der Waals surface area contributed by atoms with E-state index in [2.05, 4.69) is 231 Å². The molecule has 0 saturated carbocycles. The van der Waals surface area contributed by atoms with Crippen LogP contribution in [0.3, 0.4) is 0 Å². The zero-order valence-corrected chi connectivity index (χ0v) is 38.5. The van der Waals surface area contributed by atoms with Gasteiger partial charge in [-0.2, -0.15) is 0 Å². The molecule has 13 rings (SSSR count). The number of para-hydroxylation sites is 2. The van der Waals surface area contributed by atoms with Crippen molar-refractivity contribution in [1.82, 2.24) is 0 Å². The Kier molecular flexibility index (Phi) is 8.99. The molecule has 4 heterocycles. The minimum absolute atomic E-state index is 0.372. The normalized spacial score (nSPS) is 12.5. The molecule has 326 valence electrons. The largest absolute Gasteiger partial charge is 0.468 e. The zero-order valence-electron chi connectivity index (χ0n) is 38.5. The fourth-order valence-corrected chi connectivity index (χ4v) is 10.4. The Hall–Kier alpha value is -8.42. The lowest BCUT2D eigenvalue weighted by molar-refractivity contribution is 0.480. The van der Waals surface area contributed by atoms with Crippen LogP contribution in [0.2, 0.25) is 0 Å². The van der Waals surface area contributed by atoms with Gasteiger partial charge < -0.3 is 28.3 Å². The molecule has 0 aliphatic carbocycles. The average molecular weight is 880 g/mol. The Bertz CT molecular complexity index is 3670. The molecule has 7 heteroatoms. The second-order valence-electron chi connectivity index (χ2n) is 18.5. The molecule has 0 amide bonds. The van der Waals surface area contributed by atoms with E-state index >= 15 is 0 Å². The molecule has 0 radical (unpaired) electrons. The zero-order chi connectivity index (χ0) is 45.8. The van der Waals surface area contributed by atoms with Crippen LogP contribution in [0.5, 0.6) is 11.5 Å². The van der Waals surface area contributed by atoms with Crippen LogP contribution >= 0.6 is 0 Å². The first-order chi connectivity index (χ1) is 33.3. The smallest absolute Gasteiger partial charge is 0.301 e. The van der Waals surface area contributed by atoms with Gasteiger partial charge in [0.1, 0.15) is 16.9 Å². The maximum atomic E-state index is 7.53. The number of hydrogen-bond acceptors (Lipinski definition) is 6. The summed E-state index contributed by atoms with van der Waals surface area (Å²) >= 11 is 0. The van der Waals surface area contributed by atoms with Gasteiger partial charge in [0.05, 0.1) is 28.1 Å². The third-order valence-electron chi connectivity index (χ3n) is 13.8. The van der Waals surface area contributed by atoms with Gasteiger partial charge in [-0.3, -0.25) is 0 Å². The van der Waals surface area contributed by atoms with E-state index in [1.54, 1.807) is 0 Å². The van der Waals surface area contributed by atoms with E-state index in [1.165, 1.54) is 27.8 Å². The van der Waals surface area contributed by atoms with Gasteiger partial charge in [-0.05, 0) is 131 Å². The lowest BCUT2D eigenvalue weighted by Crippen LogP contribution is -2.59. The van der Waals surface area contributed by atoms with Crippen molar-refractivity contribution in [2.75, 3.05) is 14.7 Å². The van der Waals surface area contributed by atoms with Gasteiger partial charge in [-0.15, -0.1) is 0 Å². The van der Waals surface area contributed by atoms with Gasteiger partial charge >= 0.3 is 6.71 Å². The van der Waals surface area contributed by atoms with Crippen molar-refractivity contribution in [3.8, 4) is 11.5 Å². The molecule has 0 spiro atoms. The molecule has 2 aliphatic heterocycles. The number of benzene rings is 9. The van der Waals surface area contributed by atoms with Crippen molar-refractivity contribution in [3.05, 3.63) is 216 Å². The molecule has 2 aliphatic rings. The van der Waals surface area contributed by atoms with Gasteiger partial charge in [-0.1, -0.05) is 119 Å². The monoisotopic (exact) mass is 879 g/mol. The highest BCUT2D eigenvalue weighted by molar-refractivity contribution is 6.99. The van der Waals surface area contributed by atoms with Crippen LogP contribution < -0.4 is 36.0 Å². The number of furan rings is 2. The number of aryl methyl sites for hydroxylation is 5. The van der Waals surface area contributed by atoms with Gasteiger partial charge in [0, 0.05) is 56.4 Å². The number of anilines is 9. The number of ether oxygens (including phenoxy) is 1. The number of hydrogen-bond donors (Lipinski definition) is 0. The van der Waals surface area contributed by atoms with Crippen molar-refractivity contribution in [2.24, 2.45) is 0 Å². The minimum Gasteiger partial charge on any atom is -0.468 e. The summed E-state index contributed by atoms with van der Waals surface area (Å²) < 4.78 is 21.8. The molecule has 2 aromatic heterocycles. The summed E-state index contributed by atoms with van der Waals surface area (Å²) in [5.74, 6) is 1.42. The maximum Gasteiger partial charge on any atom is 0.301 e. The first kappa shape index (κ1) is 39.9. The predicted molar refractivity (Wildman–Crippen MR) is 282 cm³/mol. The third-order valence-corrected chi connectivity index (χ3v) is 13.8. The fourth-order valence-electron chi connectivity index (χ4n) is 10.4. The molecule has 0 bridgehead atoms. The SMILES string of the molecule is Cc1ccc(N(c2ccc(C)cc2)c2cc3c4c(c2)N(c2ccc(C)cc2)c2c(oc5ccccc25)B4c2cc(N(c4ccc(C)cc4)c4ccc(C)cc4)c4c(oc5ccccc54)c2O3)cc1. The van der Waals surface area contributed by atoms with E-state index in [4.69, 9.17) is 13.6 Å². The van der Waals surface area contributed by atoms with Crippen LogP contribution in [0.1, 0.15) is 27.8 Å². The second-order valence-corrected chi connectivity index (χ2v) is 18.5. The van der Waals surface area contributed by atoms with Crippen LogP contribution in [-0.4, -0.2) is 6.71 Å². The molecule has 0 fully saturated rings. The van der Waals surface area contributed by atoms with E-state index in [1.807, 2.05) is 6.07 Å². The van der Waals surface area contributed by atoms with Crippen LogP contribution in [0.25, 0.3) is 32.9 Å². The molecule has 9 aromatic carbocycles. The van der Waals surface area contributed by atoms with Crippen LogP contribution in [0, 0.1) is 34.6 Å². The Morgan fingerprint density at radius 2 is 0.941 bits per heavy atom. The van der Waals surface area contributed by atoms with Crippen molar-refractivity contribution < 1.29 is 13.6 Å². The molecular formula is C61H46BN3O3. The van der Waals surface area contributed by atoms with E-state index in [0.717, 1.165) is 101 Å². The Labute approximate surface area is 395 Å². The summed E-state index contributed by atoms with van der Waals surface area (Å²) in [6.07, 6.45) is 0. The minimum atomic E-state index is -0.372. The summed E-state index contributed by atoms with van der Waals surface area (Å²) in [7, 11) is 0. The third kappa shape index (κ3) is 6.26. The standard InChI is InChI=1S/C61H46BN3O3/c1-37-14-24-42(25-15-37)63(43-26-16-38(2)17-27-43)47-34-52-57-55(35-47)67-59-50(62(57)61-58(49-11-7-9-13-54(49)68-61)65(52)46-32-22-41(5)23-33-46)36-51(56-48-10-6-8-12-53(48)66-60(56)59)64(44-28-18-39(3)19-29-44)45-30-20-40(4)21-31-45/h6-36H,1-5H3.